The van der Waals surface area contributed by atoms with E-state index in [1.165, 1.54) is 11.3 Å². The van der Waals surface area contributed by atoms with Gasteiger partial charge in [0, 0.05) is 24.0 Å². The summed E-state index contributed by atoms with van der Waals surface area (Å²) in [6.45, 7) is 4.70. The van der Waals surface area contributed by atoms with Crippen molar-refractivity contribution in [3.63, 3.8) is 0 Å². The van der Waals surface area contributed by atoms with Gasteiger partial charge in [0.25, 0.3) is 5.91 Å². The van der Waals surface area contributed by atoms with Gasteiger partial charge in [-0.25, -0.2) is 4.98 Å². The van der Waals surface area contributed by atoms with E-state index < -0.39 is 0 Å². The number of aryl methyl sites for hydroxylation is 1. The van der Waals surface area contributed by atoms with Crippen LogP contribution >= 0.6 is 11.3 Å². The van der Waals surface area contributed by atoms with E-state index in [2.05, 4.69) is 32.7 Å². The average molecular weight is 305 g/mol. The van der Waals surface area contributed by atoms with Crippen molar-refractivity contribution < 1.29 is 9.21 Å². The van der Waals surface area contributed by atoms with Crippen molar-refractivity contribution in [2.75, 3.05) is 13.1 Å². The molecule has 112 valence electrons. The number of aromatic nitrogens is 1. The van der Waals surface area contributed by atoms with Crippen LogP contribution in [0.2, 0.25) is 0 Å². The first-order valence-electron chi connectivity index (χ1n) is 7.18. The molecule has 1 amide bonds. The quantitative estimate of drug-likeness (QED) is 0.942. The molecule has 0 spiro atoms. The minimum atomic E-state index is -0.135. The number of nitrogens with zero attached hydrogens (tertiary/aromatic N) is 2. The smallest absolute Gasteiger partial charge is 0.273 e. The lowest BCUT2D eigenvalue weighted by Gasteiger charge is -2.32. The first-order valence-corrected chi connectivity index (χ1v) is 8.06. The Kier molecular flexibility index (Phi) is 4.36. The molecule has 6 heteroatoms. The number of carbonyl (C=O) groups is 1. The number of carbonyl (C=O) groups excluding carboxylic acids is 1. The Morgan fingerprint density at radius 2 is 2.52 bits per heavy atom. The van der Waals surface area contributed by atoms with Crippen LogP contribution in [0.25, 0.3) is 0 Å². The number of rotatable bonds is 4. The first kappa shape index (κ1) is 14.3. The third-order valence-corrected chi connectivity index (χ3v) is 4.62. The molecule has 0 bridgehead atoms. The van der Waals surface area contributed by atoms with E-state index in [-0.39, 0.29) is 11.9 Å². The van der Waals surface area contributed by atoms with Crippen molar-refractivity contribution >= 4 is 17.2 Å². The molecule has 2 aromatic heterocycles. The van der Waals surface area contributed by atoms with Gasteiger partial charge >= 0.3 is 0 Å². The van der Waals surface area contributed by atoms with E-state index in [1.54, 1.807) is 18.3 Å². The second-order valence-corrected chi connectivity index (χ2v) is 6.42. The van der Waals surface area contributed by atoms with Gasteiger partial charge in [-0.05, 0) is 37.8 Å². The van der Waals surface area contributed by atoms with Crippen molar-refractivity contribution in [1.82, 2.24) is 15.2 Å². The lowest BCUT2D eigenvalue weighted by atomic mass is 10.1. The third kappa shape index (κ3) is 3.51. The number of hydrogen-bond acceptors (Lipinski definition) is 5. The van der Waals surface area contributed by atoms with Crippen molar-refractivity contribution in [1.29, 1.82) is 0 Å². The van der Waals surface area contributed by atoms with Crippen LogP contribution in [0, 0.1) is 6.92 Å². The summed E-state index contributed by atoms with van der Waals surface area (Å²) in [5.74, 6) is 0.433. The molecule has 21 heavy (non-hydrogen) atoms. The van der Waals surface area contributed by atoms with Crippen molar-refractivity contribution in [3.8, 4) is 0 Å². The molecule has 1 saturated heterocycles. The maximum absolute atomic E-state index is 12.2. The van der Waals surface area contributed by atoms with Gasteiger partial charge in [0.1, 0.15) is 5.76 Å². The standard InChI is InChI=1S/C15H19N3O2S/c1-11-14(16-10-20-11)15(19)17-12-4-2-6-18(8-12)9-13-5-3-7-21-13/h3,5,7,10,12H,2,4,6,8-9H2,1H3,(H,17,19). The van der Waals surface area contributed by atoms with Crippen LogP contribution in [-0.4, -0.2) is 34.9 Å². The fourth-order valence-corrected chi connectivity index (χ4v) is 3.46. The Morgan fingerprint density at radius 1 is 1.62 bits per heavy atom. The molecule has 0 radical (unpaired) electrons. The number of hydrogen-bond donors (Lipinski definition) is 1. The summed E-state index contributed by atoms with van der Waals surface area (Å²) in [5, 5.41) is 5.18. The number of piperidine rings is 1. The van der Waals surface area contributed by atoms with Gasteiger partial charge in [0.05, 0.1) is 0 Å². The third-order valence-electron chi connectivity index (χ3n) is 3.76. The highest BCUT2D eigenvalue weighted by molar-refractivity contribution is 7.09. The molecule has 1 atom stereocenters. The van der Waals surface area contributed by atoms with Crippen LogP contribution in [0.1, 0.15) is 34.0 Å². The van der Waals surface area contributed by atoms with E-state index >= 15 is 0 Å². The summed E-state index contributed by atoms with van der Waals surface area (Å²) in [4.78, 5) is 19.9. The van der Waals surface area contributed by atoms with Crippen LogP contribution in [0.15, 0.2) is 28.3 Å². The summed E-state index contributed by atoms with van der Waals surface area (Å²) in [5.41, 5.74) is 0.394. The summed E-state index contributed by atoms with van der Waals surface area (Å²) >= 11 is 1.78. The Balaban J connectivity index is 1.56. The largest absolute Gasteiger partial charge is 0.448 e. The molecule has 5 nitrogen and oxygen atoms in total. The van der Waals surface area contributed by atoms with Crippen LogP contribution in [0.4, 0.5) is 0 Å². The Hall–Kier alpha value is -1.66. The zero-order valence-corrected chi connectivity index (χ0v) is 12.9. The fourth-order valence-electron chi connectivity index (χ4n) is 2.72. The van der Waals surface area contributed by atoms with Crippen molar-refractivity contribution in [3.05, 3.63) is 40.2 Å². The maximum atomic E-state index is 12.2. The topological polar surface area (TPSA) is 58.4 Å². The molecule has 0 aliphatic carbocycles. The van der Waals surface area contributed by atoms with Crippen LogP contribution < -0.4 is 5.32 Å². The molecule has 0 saturated carbocycles. The average Bonchev–Trinajstić information content (AvgIpc) is 3.10. The van der Waals surface area contributed by atoms with Crippen LogP contribution in [-0.2, 0) is 6.54 Å². The molecule has 1 N–H and O–H groups in total. The molecule has 2 aromatic rings. The number of oxazole rings is 1. The predicted molar refractivity (Wildman–Crippen MR) is 81.3 cm³/mol. The molecule has 0 aromatic carbocycles. The molecule has 1 fully saturated rings. The predicted octanol–water partition coefficient (Wildman–Crippen LogP) is 2.44. The molecule has 1 aliphatic rings. The fraction of sp³-hybridized carbons (Fsp3) is 0.467. The highest BCUT2D eigenvalue weighted by Crippen LogP contribution is 2.17. The maximum Gasteiger partial charge on any atom is 0.273 e. The van der Waals surface area contributed by atoms with Crippen molar-refractivity contribution in [2.24, 2.45) is 0 Å². The lowest BCUT2D eigenvalue weighted by molar-refractivity contribution is 0.0895. The first-order chi connectivity index (χ1) is 10.2. The van der Waals surface area contributed by atoms with E-state index in [0.717, 1.165) is 32.5 Å². The molecular weight excluding hydrogens is 286 g/mol. The Bertz CT molecular complexity index is 594. The van der Waals surface area contributed by atoms with Gasteiger partial charge in [-0.15, -0.1) is 11.3 Å². The number of amides is 1. The highest BCUT2D eigenvalue weighted by atomic mass is 32.1. The molecule has 1 aliphatic heterocycles. The summed E-state index contributed by atoms with van der Waals surface area (Å²) < 4.78 is 5.09. The normalized spacial score (nSPS) is 19.6. The second kappa shape index (κ2) is 6.41. The van der Waals surface area contributed by atoms with Crippen LogP contribution in [0.5, 0.6) is 0 Å². The molecule has 3 heterocycles. The van der Waals surface area contributed by atoms with Gasteiger partial charge in [-0.1, -0.05) is 6.07 Å². The Morgan fingerprint density at radius 3 is 3.24 bits per heavy atom. The minimum absolute atomic E-state index is 0.135. The molecule has 3 rings (SSSR count). The van der Waals surface area contributed by atoms with Gasteiger partial charge in [0.15, 0.2) is 12.1 Å². The van der Waals surface area contributed by atoms with Gasteiger partial charge in [0.2, 0.25) is 0 Å². The number of thiophene rings is 1. The number of likely N-dealkylation sites (tertiary alicyclic amines) is 1. The van der Waals surface area contributed by atoms with E-state index in [9.17, 15) is 4.79 Å². The minimum Gasteiger partial charge on any atom is -0.448 e. The zero-order chi connectivity index (χ0) is 14.7. The number of nitrogens with one attached hydrogen (secondary N) is 1. The summed E-state index contributed by atoms with van der Waals surface area (Å²) in [7, 11) is 0. The SMILES string of the molecule is Cc1ocnc1C(=O)NC1CCCN(Cc2cccs2)C1. The molecule has 1 unspecified atom stereocenters. The lowest BCUT2D eigenvalue weighted by Crippen LogP contribution is -2.47. The monoisotopic (exact) mass is 305 g/mol. The van der Waals surface area contributed by atoms with Gasteiger partial charge in [-0.3, -0.25) is 9.69 Å². The summed E-state index contributed by atoms with van der Waals surface area (Å²) in [6, 6.07) is 4.42. The van der Waals surface area contributed by atoms with E-state index in [1.807, 2.05) is 0 Å². The molecular formula is C15H19N3O2S. The van der Waals surface area contributed by atoms with Gasteiger partial charge < -0.3 is 9.73 Å². The summed E-state index contributed by atoms with van der Waals surface area (Å²) in [6.07, 6.45) is 3.44. The Labute approximate surface area is 128 Å². The zero-order valence-electron chi connectivity index (χ0n) is 12.0. The van der Waals surface area contributed by atoms with Crippen molar-refractivity contribution in [2.45, 2.75) is 32.4 Å². The van der Waals surface area contributed by atoms with Crippen LogP contribution in [0.3, 0.4) is 0 Å². The second-order valence-electron chi connectivity index (χ2n) is 5.38. The highest BCUT2D eigenvalue weighted by Gasteiger charge is 2.23. The van der Waals surface area contributed by atoms with E-state index in [4.69, 9.17) is 4.42 Å². The van der Waals surface area contributed by atoms with E-state index in [0.29, 0.717) is 11.5 Å². The van der Waals surface area contributed by atoms with Gasteiger partial charge in [-0.2, -0.15) is 0 Å².